The van der Waals surface area contributed by atoms with Crippen molar-refractivity contribution in [3.63, 3.8) is 0 Å². The van der Waals surface area contributed by atoms with Crippen molar-refractivity contribution in [2.45, 2.75) is 11.8 Å². The molecule has 3 aromatic rings. The summed E-state index contributed by atoms with van der Waals surface area (Å²) in [6, 6.07) is 6.99. The van der Waals surface area contributed by atoms with Gasteiger partial charge in [-0.15, -0.1) is 0 Å². The number of sulfonamides is 1. The van der Waals surface area contributed by atoms with E-state index < -0.39 is 10.0 Å². The largest absolute Gasteiger partial charge is 0.363 e. The molecule has 11 heteroatoms. The third kappa shape index (κ3) is 3.40. The summed E-state index contributed by atoms with van der Waals surface area (Å²) < 4.78 is 36.1. The highest BCUT2D eigenvalue weighted by atomic mass is 32.2. The van der Waals surface area contributed by atoms with E-state index in [4.69, 9.17) is 0 Å². The van der Waals surface area contributed by atoms with E-state index in [0.29, 0.717) is 43.2 Å². The lowest BCUT2D eigenvalue weighted by Gasteiger charge is -2.34. The minimum atomic E-state index is -3.63. The van der Waals surface area contributed by atoms with Crippen LogP contribution in [0.1, 0.15) is 5.69 Å². The van der Waals surface area contributed by atoms with Gasteiger partial charge in [0.25, 0.3) is 0 Å². The van der Waals surface area contributed by atoms with Crippen molar-refractivity contribution >= 4 is 44.6 Å². The summed E-state index contributed by atoms with van der Waals surface area (Å²) in [7, 11) is 0.237. The molecule has 1 saturated heterocycles. The number of nitrogens with zero attached hydrogens (tertiary/aromatic N) is 7. The van der Waals surface area contributed by atoms with E-state index in [2.05, 4.69) is 18.7 Å². The second-order valence-corrected chi connectivity index (χ2v) is 9.28. The SMILES string of the molecule is Cc1cc(N(C)C)nc(N2CCN(S(=O)(=O)c3cccc4nsnc34)CC2)n1. The Labute approximate surface area is 168 Å². The minimum absolute atomic E-state index is 0.217. The summed E-state index contributed by atoms with van der Waals surface area (Å²) in [5.41, 5.74) is 1.92. The van der Waals surface area contributed by atoms with Crippen LogP contribution in [0.3, 0.4) is 0 Å². The van der Waals surface area contributed by atoms with Crippen molar-refractivity contribution in [1.29, 1.82) is 0 Å². The third-order valence-electron chi connectivity index (χ3n) is 4.68. The molecule has 4 rings (SSSR count). The summed E-state index contributed by atoms with van der Waals surface area (Å²) in [6.45, 7) is 3.72. The summed E-state index contributed by atoms with van der Waals surface area (Å²) in [4.78, 5) is 13.3. The number of aryl methyl sites for hydroxylation is 1. The molecule has 1 aliphatic heterocycles. The van der Waals surface area contributed by atoms with Crippen LogP contribution in [0.2, 0.25) is 0 Å². The molecule has 1 aliphatic rings. The Morgan fingerprint density at radius 3 is 2.54 bits per heavy atom. The van der Waals surface area contributed by atoms with Crippen LogP contribution in [-0.4, -0.2) is 71.7 Å². The van der Waals surface area contributed by atoms with Gasteiger partial charge in [-0.25, -0.2) is 13.4 Å². The van der Waals surface area contributed by atoms with E-state index in [9.17, 15) is 8.42 Å². The normalized spacial score (nSPS) is 15.9. The molecule has 1 fully saturated rings. The molecule has 0 unspecified atom stereocenters. The van der Waals surface area contributed by atoms with Crippen LogP contribution in [0.25, 0.3) is 11.0 Å². The summed E-state index contributed by atoms with van der Waals surface area (Å²) in [5.74, 6) is 1.46. The zero-order chi connectivity index (χ0) is 19.9. The molecule has 0 amide bonds. The Hall–Kier alpha value is -2.37. The van der Waals surface area contributed by atoms with Crippen molar-refractivity contribution in [2.75, 3.05) is 50.1 Å². The number of anilines is 2. The van der Waals surface area contributed by atoms with Crippen LogP contribution < -0.4 is 9.80 Å². The number of hydrogen-bond donors (Lipinski definition) is 0. The Morgan fingerprint density at radius 2 is 1.82 bits per heavy atom. The molecule has 3 heterocycles. The standard InChI is InChI=1S/C17H21N7O2S2/c1-12-11-15(22(2)3)19-17(18-12)23-7-9-24(10-8-23)28(25,26)14-6-4-5-13-16(14)21-27-20-13/h4-6,11H,7-10H2,1-3H3. The molecule has 0 spiro atoms. The molecule has 0 atom stereocenters. The van der Waals surface area contributed by atoms with Gasteiger partial charge in [-0.2, -0.15) is 18.0 Å². The van der Waals surface area contributed by atoms with Crippen LogP contribution in [0.5, 0.6) is 0 Å². The van der Waals surface area contributed by atoms with Crippen LogP contribution in [0.15, 0.2) is 29.2 Å². The predicted octanol–water partition coefficient (Wildman–Crippen LogP) is 1.37. The number of aromatic nitrogens is 4. The molecule has 0 aliphatic carbocycles. The van der Waals surface area contributed by atoms with Crippen LogP contribution in [0.4, 0.5) is 11.8 Å². The molecule has 148 valence electrons. The molecule has 0 bridgehead atoms. The van der Waals surface area contributed by atoms with Crippen molar-refractivity contribution in [3.8, 4) is 0 Å². The first-order valence-corrected chi connectivity index (χ1v) is 11.0. The Balaban J connectivity index is 1.55. The van der Waals surface area contributed by atoms with E-state index >= 15 is 0 Å². The van der Waals surface area contributed by atoms with Gasteiger partial charge in [-0.05, 0) is 19.1 Å². The first kappa shape index (κ1) is 19.0. The van der Waals surface area contributed by atoms with Gasteiger partial charge in [0.1, 0.15) is 21.7 Å². The summed E-state index contributed by atoms with van der Waals surface area (Å²) in [6.07, 6.45) is 0. The highest BCUT2D eigenvalue weighted by Crippen LogP contribution is 2.26. The zero-order valence-corrected chi connectivity index (χ0v) is 17.5. The van der Waals surface area contributed by atoms with Crippen molar-refractivity contribution in [2.24, 2.45) is 0 Å². The fraction of sp³-hybridized carbons (Fsp3) is 0.412. The molecule has 1 aromatic carbocycles. The Kier molecular flexibility index (Phi) is 4.89. The highest BCUT2D eigenvalue weighted by molar-refractivity contribution is 7.89. The van der Waals surface area contributed by atoms with Gasteiger partial charge >= 0.3 is 0 Å². The number of rotatable bonds is 4. The molecule has 9 nitrogen and oxygen atoms in total. The van der Waals surface area contributed by atoms with Gasteiger partial charge in [0.15, 0.2) is 0 Å². The third-order valence-corrected chi connectivity index (χ3v) is 7.15. The van der Waals surface area contributed by atoms with Gasteiger partial charge in [-0.1, -0.05) is 6.07 Å². The second-order valence-electron chi connectivity index (χ2n) is 6.84. The molecule has 0 N–H and O–H groups in total. The first-order valence-electron chi connectivity index (χ1n) is 8.85. The van der Waals surface area contributed by atoms with Gasteiger partial charge in [0, 0.05) is 52.0 Å². The number of hydrogen-bond acceptors (Lipinski definition) is 9. The first-order chi connectivity index (χ1) is 13.4. The highest BCUT2D eigenvalue weighted by Gasteiger charge is 2.31. The van der Waals surface area contributed by atoms with E-state index in [0.717, 1.165) is 23.2 Å². The number of piperazine rings is 1. The summed E-state index contributed by atoms with van der Waals surface area (Å²) >= 11 is 1.02. The topological polar surface area (TPSA) is 95.4 Å². The Morgan fingerprint density at radius 1 is 1.07 bits per heavy atom. The summed E-state index contributed by atoms with van der Waals surface area (Å²) in [5, 5.41) is 0. The Bertz CT molecular complexity index is 1110. The van der Waals surface area contributed by atoms with E-state index in [1.165, 1.54) is 4.31 Å². The van der Waals surface area contributed by atoms with Gasteiger partial charge < -0.3 is 9.80 Å². The van der Waals surface area contributed by atoms with Crippen LogP contribution in [0, 0.1) is 6.92 Å². The molecule has 28 heavy (non-hydrogen) atoms. The van der Waals surface area contributed by atoms with E-state index in [1.807, 2.05) is 36.9 Å². The number of benzene rings is 1. The fourth-order valence-electron chi connectivity index (χ4n) is 3.16. The lowest BCUT2D eigenvalue weighted by atomic mass is 10.3. The lowest BCUT2D eigenvalue weighted by Crippen LogP contribution is -2.49. The number of fused-ring (bicyclic) bond motifs is 1. The van der Waals surface area contributed by atoms with Gasteiger partial charge in [0.2, 0.25) is 16.0 Å². The lowest BCUT2D eigenvalue weighted by molar-refractivity contribution is 0.383. The maximum atomic E-state index is 13.1. The van der Waals surface area contributed by atoms with Crippen molar-refractivity contribution < 1.29 is 8.42 Å². The van der Waals surface area contributed by atoms with E-state index in [1.54, 1.807) is 18.2 Å². The maximum Gasteiger partial charge on any atom is 0.245 e. The molecular formula is C17H21N7O2S2. The average molecular weight is 420 g/mol. The van der Waals surface area contributed by atoms with Crippen molar-refractivity contribution in [1.82, 2.24) is 23.0 Å². The molecule has 2 aromatic heterocycles. The van der Waals surface area contributed by atoms with E-state index in [-0.39, 0.29) is 4.90 Å². The molecule has 0 saturated carbocycles. The quantitative estimate of drug-likeness (QED) is 0.626. The molecular weight excluding hydrogens is 398 g/mol. The average Bonchev–Trinajstić information content (AvgIpc) is 3.16. The van der Waals surface area contributed by atoms with Crippen LogP contribution >= 0.6 is 11.7 Å². The second kappa shape index (κ2) is 7.22. The molecule has 0 radical (unpaired) electrons. The fourth-order valence-corrected chi connectivity index (χ4v) is 5.34. The smallest absolute Gasteiger partial charge is 0.245 e. The zero-order valence-electron chi connectivity index (χ0n) is 15.9. The van der Waals surface area contributed by atoms with Crippen LogP contribution in [-0.2, 0) is 10.0 Å². The van der Waals surface area contributed by atoms with Gasteiger partial charge in [-0.3, -0.25) is 0 Å². The van der Waals surface area contributed by atoms with Gasteiger partial charge in [0.05, 0.1) is 11.7 Å². The monoisotopic (exact) mass is 419 g/mol. The predicted molar refractivity (Wildman–Crippen MR) is 109 cm³/mol. The maximum absolute atomic E-state index is 13.1. The van der Waals surface area contributed by atoms with Crippen molar-refractivity contribution in [3.05, 3.63) is 30.0 Å². The minimum Gasteiger partial charge on any atom is -0.363 e.